The van der Waals surface area contributed by atoms with E-state index in [1.165, 1.54) is 24.3 Å². The Morgan fingerprint density at radius 2 is 1.96 bits per heavy atom. The number of rotatable bonds is 3. The van der Waals surface area contributed by atoms with Gasteiger partial charge in [-0.05, 0) is 26.7 Å². The number of nitrogens with zero attached hydrogens (tertiary/aromatic N) is 5. The number of carbonyl (C=O) groups excluding carboxylic acids is 1. The Morgan fingerprint density at radius 3 is 2.60 bits per heavy atom. The highest BCUT2D eigenvalue weighted by Gasteiger charge is 2.25. The van der Waals surface area contributed by atoms with Crippen LogP contribution in [0.25, 0.3) is 16.9 Å². The first-order valence-corrected chi connectivity index (χ1v) is 8.59. The van der Waals surface area contributed by atoms with Gasteiger partial charge in [0.15, 0.2) is 11.2 Å². The van der Waals surface area contributed by atoms with E-state index in [-0.39, 0.29) is 12.3 Å². The molecule has 3 heterocycles. The molecule has 25 heavy (non-hydrogen) atoms. The predicted molar refractivity (Wildman–Crippen MR) is 93.1 cm³/mol. The predicted octanol–water partition coefficient (Wildman–Crippen LogP) is 1.16. The fourth-order valence-corrected chi connectivity index (χ4v) is 4.00. The first kappa shape index (κ1) is 15.9. The normalized spacial score (nSPS) is 15.6. The van der Waals surface area contributed by atoms with Crippen molar-refractivity contribution in [1.29, 1.82) is 0 Å². The maximum Gasteiger partial charge on any atom is 0.332 e. The molecule has 0 bridgehead atoms. The zero-order valence-electron chi connectivity index (χ0n) is 14.7. The third kappa shape index (κ3) is 2.20. The van der Waals surface area contributed by atoms with Gasteiger partial charge in [-0.1, -0.05) is 12.8 Å². The van der Waals surface area contributed by atoms with E-state index in [1.807, 2.05) is 13.1 Å². The molecule has 1 fully saturated rings. The number of carbonyl (C=O) groups is 1. The summed E-state index contributed by atoms with van der Waals surface area (Å²) in [6, 6.07) is 0.380. The van der Waals surface area contributed by atoms with E-state index in [2.05, 4.69) is 9.55 Å². The Bertz CT molecular complexity index is 1120. The number of aryl methyl sites for hydroxylation is 2. The van der Waals surface area contributed by atoms with Gasteiger partial charge in [0.2, 0.25) is 5.78 Å². The first-order chi connectivity index (χ1) is 11.9. The number of hydrogen-bond donors (Lipinski definition) is 0. The van der Waals surface area contributed by atoms with Crippen LogP contribution in [0.3, 0.4) is 0 Å². The van der Waals surface area contributed by atoms with Gasteiger partial charge in [0.25, 0.3) is 5.56 Å². The third-order valence-electron chi connectivity index (χ3n) is 5.14. The van der Waals surface area contributed by atoms with Gasteiger partial charge in [-0.3, -0.25) is 23.1 Å². The van der Waals surface area contributed by atoms with Crippen molar-refractivity contribution in [1.82, 2.24) is 23.1 Å². The van der Waals surface area contributed by atoms with Gasteiger partial charge >= 0.3 is 5.69 Å². The van der Waals surface area contributed by atoms with Crippen LogP contribution in [0.15, 0.2) is 15.8 Å². The molecule has 0 spiro atoms. The minimum Gasteiger partial charge on any atom is -0.311 e. The van der Waals surface area contributed by atoms with Gasteiger partial charge in [0.05, 0.1) is 6.54 Å². The molecule has 1 aliphatic carbocycles. The lowest BCUT2D eigenvalue weighted by atomic mass is 10.2. The quantitative estimate of drug-likeness (QED) is 0.714. The van der Waals surface area contributed by atoms with Crippen LogP contribution in [0.4, 0.5) is 0 Å². The summed E-state index contributed by atoms with van der Waals surface area (Å²) in [6.07, 6.45) is 6.48. The molecule has 132 valence electrons. The molecular weight excluding hydrogens is 322 g/mol. The molecular formula is C17H21N5O3. The summed E-state index contributed by atoms with van der Waals surface area (Å²) < 4.78 is 6.27. The van der Waals surface area contributed by atoms with Crippen LogP contribution in [-0.2, 0) is 18.4 Å². The lowest BCUT2D eigenvalue weighted by Crippen LogP contribution is -2.40. The topological polar surface area (TPSA) is 83.3 Å². The molecule has 0 aliphatic heterocycles. The van der Waals surface area contributed by atoms with E-state index in [1.54, 1.807) is 11.4 Å². The second-order valence-electron chi connectivity index (χ2n) is 6.97. The molecule has 0 atom stereocenters. The summed E-state index contributed by atoms with van der Waals surface area (Å²) in [5.74, 6) is 0.450. The zero-order valence-corrected chi connectivity index (χ0v) is 14.7. The van der Waals surface area contributed by atoms with Crippen LogP contribution in [0.5, 0.6) is 0 Å². The van der Waals surface area contributed by atoms with E-state index < -0.39 is 11.2 Å². The minimum absolute atomic E-state index is 0.225. The number of Topliss-reactive ketones (excluding diaryl/α,β-unsaturated/α-hetero) is 1. The van der Waals surface area contributed by atoms with Crippen molar-refractivity contribution in [2.45, 2.75) is 52.1 Å². The van der Waals surface area contributed by atoms with E-state index in [9.17, 15) is 14.4 Å². The maximum atomic E-state index is 12.9. The highest BCUT2D eigenvalue weighted by atomic mass is 16.2. The van der Waals surface area contributed by atoms with Crippen LogP contribution in [0, 0.1) is 6.92 Å². The monoisotopic (exact) mass is 343 g/mol. The molecule has 0 unspecified atom stereocenters. The highest BCUT2D eigenvalue weighted by Crippen LogP contribution is 2.32. The smallest absolute Gasteiger partial charge is 0.311 e. The second-order valence-corrected chi connectivity index (χ2v) is 6.97. The summed E-state index contributed by atoms with van der Waals surface area (Å²) in [4.78, 5) is 41.4. The zero-order chi connectivity index (χ0) is 17.9. The minimum atomic E-state index is -0.516. The molecule has 8 heteroatoms. The van der Waals surface area contributed by atoms with Crippen LogP contribution >= 0.6 is 0 Å². The number of fused-ring (bicyclic) bond motifs is 3. The largest absolute Gasteiger partial charge is 0.332 e. The lowest BCUT2D eigenvalue weighted by molar-refractivity contribution is -0.117. The molecule has 0 N–H and O–H groups in total. The number of imidazole rings is 2. The fraction of sp³-hybridized carbons (Fsp3) is 0.529. The summed E-state index contributed by atoms with van der Waals surface area (Å²) in [6.45, 7) is 3.15. The van der Waals surface area contributed by atoms with Crippen molar-refractivity contribution in [3.8, 4) is 0 Å². The fourth-order valence-electron chi connectivity index (χ4n) is 4.00. The molecule has 3 aromatic rings. The van der Waals surface area contributed by atoms with Gasteiger partial charge in [-0.15, -0.1) is 0 Å². The molecule has 4 rings (SSSR count). The third-order valence-corrected chi connectivity index (χ3v) is 5.14. The molecule has 8 nitrogen and oxygen atoms in total. The Hall–Kier alpha value is -2.64. The van der Waals surface area contributed by atoms with Crippen LogP contribution in [-0.4, -0.2) is 28.9 Å². The van der Waals surface area contributed by atoms with Crippen LogP contribution in [0.2, 0.25) is 0 Å². The Kier molecular flexibility index (Phi) is 3.45. The number of ketones is 1. The summed E-state index contributed by atoms with van der Waals surface area (Å²) in [5.41, 5.74) is 0.763. The van der Waals surface area contributed by atoms with Gasteiger partial charge in [0.1, 0.15) is 5.78 Å². The lowest BCUT2D eigenvalue weighted by Gasteiger charge is -2.13. The van der Waals surface area contributed by atoms with Gasteiger partial charge in [0, 0.05) is 25.0 Å². The summed E-state index contributed by atoms with van der Waals surface area (Å²) in [5, 5.41) is 0. The Labute approximate surface area is 143 Å². The highest BCUT2D eigenvalue weighted by molar-refractivity contribution is 5.78. The van der Waals surface area contributed by atoms with Crippen molar-refractivity contribution < 1.29 is 4.79 Å². The van der Waals surface area contributed by atoms with Gasteiger partial charge in [-0.25, -0.2) is 4.79 Å². The van der Waals surface area contributed by atoms with Crippen molar-refractivity contribution in [3.63, 3.8) is 0 Å². The summed E-state index contributed by atoms with van der Waals surface area (Å²) >= 11 is 0. The second kappa shape index (κ2) is 5.44. The molecule has 1 saturated carbocycles. The molecule has 0 amide bonds. The van der Waals surface area contributed by atoms with Crippen molar-refractivity contribution in [3.05, 3.63) is 32.7 Å². The van der Waals surface area contributed by atoms with Crippen LogP contribution in [0.1, 0.15) is 44.3 Å². The van der Waals surface area contributed by atoms with Crippen molar-refractivity contribution in [2.75, 3.05) is 0 Å². The van der Waals surface area contributed by atoms with Crippen LogP contribution < -0.4 is 11.2 Å². The van der Waals surface area contributed by atoms with E-state index in [0.29, 0.717) is 23.0 Å². The van der Waals surface area contributed by atoms with Gasteiger partial charge in [-0.2, -0.15) is 4.98 Å². The maximum absolute atomic E-state index is 12.9. The molecule has 0 radical (unpaired) electrons. The molecule has 0 aromatic carbocycles. The van der Waals surface area contributed by atoms with E-state index in [4.69, 9.17) is 0 Å². The van der Waals surface area contributed by atoms with E-state index in [0.717, 1.165) is 23.1 Å². The van der Waals surface area contributed by atoms with Crippen molar-refractivity contribution in [2.24, 2.45) is 7.05 Å². The molecule has 0 saturated heterocycles. The molecule has 3 aromatic heterocycles. The number of hydrogen-bond acceptors (Lipinski definition) is 4. The Balaban J connectivity index is 2.09. The first-order valence-electron chi connectivity index (χ1n) is 8.59. The average Bonchev–Trinajstić information content (AvgIpc) is 3.24. The summed E-state index contributed by atoms with van der Waals surface area (Å²) in [7, 11) is 1.58. The van der Waals surface area contributed by atoms with E-state index >= 15 is 0 Å². The number of aromatic nitrogens is 5. The molecule has 1 aliphatic rings. The Morgan fingerprint density at radius 1 is 1.28 bits per heavy atom. The van der Waals surface area contributed by atoms with Crippen molar-refractivity contribution >= 4 is 22.7 Å². The SMILES string of the molecule is CC(=O)Cn1c(=O)c2c(nc3n(C4CCCC4)c(C)cn23)n(C)c1=O. The average molecular weight is 343 g/mol. The standard InChI is InChI=1S/C17H21N5O3/c1-10-8-20-13-14(18-16(20)22(10)12-6-4-5-7-12)19(3)17(25)21(15(13)24)9-11(2)23/h8,12H,4-7,9H2,1-3H3. The van der Waals surface area contributed by atoms with Gasteiger partial charge < -0.3 is 4.57 Å².